The molecule has 1 amide bonds. The second-order valence-electron chi connectivity index (χ2n) is 5.37. The molecular formula is C16H15Cl2FN2O3. The Hall–Kier alpha value is -1.60. The summed E-state index contributed by atoms with van der Waals surface area (Å²) >= 11 is 11.8. The number of hydrogen-bond donors (Lipinski definition) is 1. The van der Waals surface area contributed by atoms with Crippen molar-refractivity contribution >= 4 is 29.1 Å². The number of carbonyl (C=O) groups is 1. The van der Waals surface area contributed by atoms with Gasteiger partial charge in [-0.2, -0.15) is 0 Å². The van der Waals surface area contributed by atoms with Gasteiger partial charge in [-0.3, -0.25) is 4.79 Å². The molecule has 1 unspecified atom stereocenters. The third-order valence-corrected chi connectivity index (χ3v) is 4.43. The van der Waals surface area contributed by atoms with Crippen LogP contribution in [0, 0.1) is 5.82 Å². The van der Waals surface area contributed by atoms with Crippen LogP contribution in [-0.4, -0.2) is 30.5 Å². The summed E-state index contributed by atoms with van der Waals surface area (Å²) in [6.45, 7) is 1.17. The number of nitrogens with two attached hydrogens (primary N) is 1. The van der Waals surface area contributed by atoms with Gasteiger partial charge in [0.2, 0.25) is 0 Å². The van der Waals surface area contributed by atoms with Gasteiger partial charge in [0.15, 0.2) is 5.76 Å². The molecule has 1 aliphatic heterocycles. The molecule has 3 rings (SSSR count). The molecule has 1 aromatic heterocycles. The van der Waals surface area contributed by atoms with E-state index in [4.69, 9.17) is 38.1 Å². The summed E-state index contributed by atoms with van der Waals surface area (Å²) in [4.78, 5) is 14.1. The van der Waals surface area contributed by atoms with Crippen molar-refractivity contribution in [1.29, 1.82) is 0 Å². The summed E-state index contributed by atoms with van der Waals surface area (Å²) in [5.41, 5.74) is 5.94. The molecule has 0 radical (unpaired) electrons. The predicted molar refractivity (Wildman–Crippen MR) is 87.6 cm³/mol. The van der Waals surface area contributed by atoms with E-state index in [1.54, 1.807) is 17.0 Å². The van der Waals surface area contributed by atoms with Crippen LogP contribution in [-0.2, 0) is 11.3 Å². The van der Waals surface area contributed by atoms with Crippen LogP contribution in [0.25, 0.3) is 0 Å². The van der Waals surface area contributed by atoms with Crippen LogP contribution in [0.1, 0.15) is 28.0 Å². The van der Waals surface area contributed by atoms with Crippen molar-refractivity contribution in [2.75, 3.05) is 19.7 Å². The SMILES string of the molecule is NCc1ccc(C(=O)N2CCOC(c3cc(F)c(Cl)cc3Cl)C2)o1. The molecule has 24 heavy (non-hydrogen) atoms. The van der Waals surface area contributed by atoms with Gasteiger partial charge in [0.05, 0.1) is 24.7 Å². The number of ether oxygens (including phenoxy) is 1. The van der Waals surface area contributed by atoms with Crippen molar-refractivity contribution in [3.05, 3.63) is 57.2 Å². The van der Waals surface area contributed by atoms with E-state index in [1.165, 1.54) is 12.1 Å². The first kappa shape index (κ1) is 17.2. The number of rotatable bonds is 3. The highest BCUT2D eigenvalue weighted by molar-refractivity contribution is 6.35. The summed E-state index contributed by atoms with van der Waals surface area (Å²) in [6, 6.07) is 5.82. The van der Waals surface area contributed by atoms with Crippen molar-refractivity contribution in [2.24, 2.45) is 5.73 Å². The smallest absolute Gasteiger partial charge is 0.289 e. The van der Waals surface area contributed by atoms with E-state index in [9.17, 15) is 9.18 Å². The van der Waals surface area contributed by atoms with Crippen molar-refractivity contribution < 1.29 is 18.3 Å². The van der Waals surface area contributed by atoms with Crippen LogP contribution in [0.2, 0.25) is 10.0 Å². The average Bonchev–Trinajstić information content (AvgIpc) is 3.06. The van der Waals surface area contributed by atoms with Gasteiger partial charge in [0, 0.05) is 17.1 Å². The van der Waals surface area contributed by atoms with E-state index in [0.29, 0.717) is 29.5 Å². The molecule has 2 N–H and O–H groups in total. The fourth-order valence-electron chi connectivity index (χ4n) is 2.56. The Morgan fingerprint density at radius 1 is 1.33 bits per heavy atom. The highest BCUT2D eigenvalue weighted by Crippen LogP contribution is 2.32. The molecule has 1 fully saturated rings. The predicted octanol–water partition coefficient (Wildman–Crippen LogP) is 3.40. The maximum Gasteiger partial charge on any atom is 0.289 e. The molecule has 2 heterocycles. The highest BCUT2D eigenvalue weighted by Gasteiger charge is 2.29. The molecule has 0 spiro atoms. The Labute approximate surface area is 148 Å². The van der Waals surface area contributed by atoms with Gasteiger partial charge in [-0.15, -0.1) is 0 Å². The lowest BCUT2D eigenvalue weighted by atomic mass is 10.1. The first-order chi connectivity index (χ1) is 11.5. The summed E-state index contributed by atoms with van der Waals surface area (Å²) in [5, 5.41) is 0.238. The van der Waals surface area contributed by atoms with Crippen LogP contribution < -0.4 is 5.73 Å². The molecule has 0 aliphatic carbocycles. The zero-order valence-corrected chi connectivity index (χ0v) is 14.1. The molecular weight excluding hydrogens is 358 g/mol. The van der Waals surface area contributed by atoms with Crippen molar-refractivity contribution in [2.45, 2.75) is 12.6 Å². The average molecular weight is 373 g/mol. The van der Waals surface area contributed by atoms with Gasteiger partial charge in [0.1, 0.15) is 17.7 Å². The fraction of sp³-hybridized carbons (Fsp3) is 0.312. The minimum atomic E-state index is -0.582. The number of hydrogen-bond acceptors (Lipinski definition) is 4. The van der Waals surface area contributed by atoms with Gasteiger partial charge in [0.25, 0.3) is 5.91 Å². The van der Waals surface area contributed by atoms with Crippen molar-refractivity contribution in [1.82, 2.24) is 4.90 Å². The molecule has 1 saturated heterocycles. The van der Waals surface area contributed by atoms with E-state index in [1.807, 2.05) is 0 Å². The zero-order valence-electron chi connectivity index (χ0n) is 12.6. The Bertz CT molecular complexity index is 766. The van der Waals surface area contributed by atoms with Gasteiger partial charge < -0.3 is 19.8 Å². The molecule has 1 aromatic carbocycles. The normalized spacial score (nSPS) is 18.0. The van der Waals surface area contributed by atoms with Crippen molar-refractivity contribution in [3.63, 3.8) is 0 Å². The van der Waals surface area contributed by atoms with Crippen molar-refractivity contribution in [3.8, 4) is 0 Å². The Morgan fingerprint density at radius 3 is 2.83 bits per heavy atom. The monoisotopic (exact) mass is 372 g/mol. The summed E-state index contributed by atoms with van der Waals surface area (Å²) in [6.07, 6.45) is -0.536. The molecule has 1 atom stereocenters. The highest BCUT2D eigenvalue weighted by atomic mass is 35.5. The van der Waals surface area contributed by atoms with Gasteiger partial charge >= 0.3 is 0 Å². The first-order valence-corrected chi connectivity index (χ1v) is 8.09. The summed E-state index contributed by atoms with van der Waals surface area (Å²) in [5.74, 6) is -0.106. The standard InChI is InChI=1S/C16H15Cl2FN2O3/c17-11-6-12(18)13(19)5-10(11)15-8-21(3-4-23-15)16(22)14-2-1-9(7-20)24-14/h1-2,5-6,15H,3-4,7-8,20H2. The summed E-state index contributed by atoms with van der Waals surface area (Å²) < 4.78 is 24.8. The maximum atomic E-state index is 13.7. The second kappa shape index (κ2) is 7.11. The van der Waals surface area contributed by atoms with Crippen LogP contribution >= 0.6 is 23.2 Å². The van der Waals surface area contributed by atoms with Gasteiger partial charge in [-0.05, 0) is 24.3 Å². The van der Waals surface area contributed by atoms with Crippen LogP contribution in [0.5, 0.6) is 0 Å². The number of benzene rings is 1. The lowest BCUT2D eigenvalue weighted by Crippen LogP contribution is -2.42. The third-order valence-electron chi connectivity index (χ3n) is 3.81. The van der Waals surface area contributed by atoms with E-state index >= 15 is 0 Å². The Kier molecular flexibility index (Phi) is 5.10. The minimum Gasteiger partial charge on any atom is -0.455 e. The molecule has 0 bridgehead atoms. The number of carbonyl (C=O) groups excluding carboxylic acids is 1. The van der Waals surface area contributed by atoms with Crippen LogP contribution in [0.4, 0.5) is 4.39 Å². The molecule has 8 heteroatoms. The van der Waals surface area contributed by atoms with E-state index < -0.39 is 11.9 Å². The molecule has 1 aliphatic rings. The zero-order chi connectivity index (χ0) is 17.3. The van der Waals surface area contributed by atoms with E-state index in [2.05, 4.69) is 0 Å². The quantitative estimate of drug-likeness (QED) is 0.838. The lowest BCUT2D eigenvalue weighted by molar-refractivity contribution is -0.0238. The Morgan fingerprint density at radius 2 is 2.12 bits per heavy atom. The van der Waals surface area contributed by atoms with E-state index in [0.717, 1.165) is 0 Å². The molecule has 128 valence electrons. The number of morpholine rings is 1. The van der Waals surface area contributed by atoms with Gasteiger partial charge in [-0.1, -0.05) is 23.2 Å². The topological polar surface area (TPSA) is 68.7 Å². The van der Waals surface area contributed by atoms with Crippen LogP contribution in [0.3, 0.4) is 0 Å². The minimum absolute atomic E-state index is 0.0580. The third kappa shape index (κ3) is 3.42. The molecule has 2 aromatic rings. The lowest BCUT2D eigenvalue weighted by Gasteiger charge is -2.33. The summed E-state index contributed by atoms with van der Waals surface area (Å²) in [7, 11) is 0. The number of furan rings is 1. The Balaban J connectivity index is 1.79. The number of nitrogens with zero attached hydrogens (tertiary/aromatic N) is 1. The maximum absolute atomic E-state index is 13.7. The van der Waals surface area contributed by atoms with Crippen LogP contribution in [0.15, 0.2) is 28.7 Å². The largest absolute Gasteiger partial charge is 0.455 e. The number of amides is 1. The fourth-order valence-corrected chi connectivity index (χ4v) is 3.07. The molecule has 0 saturated carbocycles. The van der Waals surface area contributed by atoms with E-state index in [-0.39, 0.29) is 29.8 Å². The first-order valence-electron chi connectivity index (χ1n) is 7.33. The van der Waals surface area contributed by atoms with Gasteiger partial charge in [-0.25, -0.2) is 4.39 Å². The molecule has 5 nitrogen and oxygen atoms in total. The number of halogens is 3. The second-order valence-corrected chi connectivity index (χ2v) is 6.18.